The first kappa shape index (κ1) is 11.8. The van der Waals surface area contributed by atoms with Gasteiger partial charge in [-0.3, -0.25) is 4.57 Å². The predicted molar refractivity (Wildman–Crippen MR) is 73.3 cm³/mol. The van der Waals surface area contributed by atoms with Crippen LogP contribution in [0.2, 0.25) is 0 Å². The van der Waals surface area contributed by atoms with Crippen molar-refractivity contribution in [3.63, 3.8) is 0 Å². The maximum atomic E-state index is 12.0. The molecular formula is C14H15N3O2. The number of ether oxygens (including phenoxy) is 1. The molecule has 3 rings (SSSR count). The summed E-state index contributed by atoms with van der Waals surface area (Å²) in [4.78, 5) is 16.1. The number of rotatable bonds is 0. The first-order valence-electron chi connectivity index (χ1n) is 6.13. The third kappa shape index (κ3) is 1.97. The van der Waals surface area contributed by atoms with E-state index in [9.17, 15) is 4.79 Å². The summed E-state index contributed by atoms with van der Waals surface area (Å²) in [6.07, 6.45) is 1.70. The number of para-hydroxylation sites is 2. The van der Waals surface area contributed by atoms with Crippen LogP contribution in [0.1, 0.15) is 20.8 Å². The normalized spacial score (nSPS) is 13.0. The predicted octanol–water partition coefficient (Wildman–Crippen LogP) is 2.85. The lowest BCUT2D eigenvalue weighted by molar-refractivity contribution is 0.365. The molecule has 5 nitrogen and oxygen atoms in total. The lowest BCUT2D eigenvalue weighted by Gasteiger charge is -2.25. The van der Waals surface area contributed by atoms with Crippen LogP contribution in [0.5, 0.6) is 11.5 Å². The second-order valence-electron chi connectivity index (χ2n) is 5.50. The van der Waals surface area contributed by atoms with E-state index in [4.69, 9.17) is 4.74 Å². The van der Waals surface area contributed by atoms with Crippen molar-refractivity contribution in [3.8, 4) is 11.5 Å². The van der Waals surface area contributed by atoms with Gasteiger partial charge in [-0.1, -0.05) is 12.1 Å². The molecule has 0 atom stereocenters. The van der Waals surface area contributed by atoms with Gasteiger partial charge in [-0.15, -0.1) is 0 Å². The third-order valence-electron chi connectivity index (χ3n) is 2.98. The Hall–Kier alpha value is -2.30. The van der Waals surface area contributed by atoms with Crippen molar-refractivity contribution in [1.82, 2.24) is 9.55 Å². The second kappa shape index (κ2) is 3.85. The Labute approximate surface area is 110 Å². The lowest BCUT2D eigenvalue weighted by Crippen LogP contribution is -2.35. The van der Waals surface area contributed by atoms with Gasteiger partial charge >= 0.3 is 5.69 Å². The van der Waals surface area contributed by atoms with Gasteiger partial charge in [0.15, 0.2) is 17.3 Å². The minimum absolute atomic E-state index is 0.290. The van der Waals surface area contributed by atoms with Crippen molar-refractivity contribution in [1.29, 1.82) is 0 Å². The molecule has 0 bridgehead atoms. The highest BCUT2D eigenvalue weighted by atomic mass is 16.5. The molecule has 19 heavy (non-hydrogen) atoms. The Bertz CT molecular complexity index is 699. The molecule has 0 aliphatic carbocycles. The number of benzene rings is 1. The van der Waals surface area contributed by atoms with Gasteiger partial charge in [-0.25, -0.2) is 4.79 Å². The zero-order chi connectivity index (χ0) is 13.6. The van der Waals surface area contributed by atoms with Gasteiger partial charge in [0.25, 0.3) is 0 Å². The van der Waals surface area contributed by atoms with Crippen LogP contribution in [0.25, 0.3) is 0 Å². The van der Waals surface area contributed by atoms with Crippen LogP contribution < -0.4 is 15.7 Å². The minimum atomic E-state index is -0.334. The molecule has 98 valence electrons. The van der Waals surface area contributed by atoms with Crippen LogP contribution in [-0.2, 0) is 5.54 Å². The van der Waals surface area contributed by atoms with Gasteiger partial charge < -0.3 is 10.1 Å². The molecule has 2 heterocycles. The van der Waals surface area contributed by atoms with Crippen molar-refractivity contribution in [2.75, 3.05) is 5.32 Å². The average molecular weight is 257 g/mol. The molecule has 0 amide bonds. The van der Waals surface area contributed by atoms with Crippen LogP contribution >= 0.6 is 0 Å². The summed E-state index contributed by atoms with van der Waals surface area (Å²) in [5.41, 5.74) is 0.191. The number of fused-ring (bicyclic) bond motifs is 2. The van der Waals surface area contributed by atoms with Gasteiger partial charge in [0.2, 0.25) is 0 Å². The smallest absolute Gasteiger partial charge is 0.350 e. The fraction of sp³-hybridized carbons (Fsp3) is 0.286. The van der Waals surface area contributed by atoms with Gasteiger partial charge in [-0.05, 0) is 32.9 Å². The molecule has 5 heteroatoms. The molecule has 0 saturated heterocycles. The van der Waals surface area contributed by atoms with E-state index in [0.29, 0.717) is 11.6 Å². The van der Waals surface area contributed by atoms with Crippen molar-refractivity contribution < 1.29 is 4.74 Å². The fourth-order valence-corrected chi connectivity index (χ4v) is 1.99. The van der Waals surface area contributed by atoms with Crippen molar-refractivity contribution >= 4 is 11.5 Å². The SMILES string of the molecule is CC(C)(C)n1cc2c(nc1=O)Nc1ccccc1O2. The molecule has 0 unspecified atom stereocenters. The van der Waals surface area contributed by atoms with Crippen LogP contribution in [0.15, 0.2) is 35.3 Å². The topological polar surface area (TPSA) is 56.2 Å². The third-order valence-corrected chi connectivity index (χ3v) is 2.98. The van der Waals surface area contributed by atoms with E-state index < -0.39 is 0 Å². The first-order valence-corrected chi connectivity index (χ1v) is 6.13. The fourth-order valence-electron chi connectivity index (χ4n) is 1.99. The summed E-state index contributed by atoms with van der Waals surface area (Å²) in [5.74, 6) is 1.76. The average Bonchev–Trinajstić information content (AvgIpc) is 2.34. The van der Waals surface area contributed by atoms with E-state index >= 15 is 0 Å². The maximum Gasteiger partial charge on any atom is 0.350 e. The Morgan fingerprint density at radius 3 is 2.68 bits per heavy atom. The summed E-state index contributed by atoms with van der Waals surface area (Å²) < 4.78 is 7.35. The highest BCUT2D eigenvalue weighted by molar-refractivity contribution is 5.72. The summed E-state index contributed by atoms with van der Waals surface area (Å²) in [5, 5.41) is 3.11. The molecular weight excluding hydrogens is 242 g/mol. The Kier molecular flexibility index (Phi) is 2.38. The van der Waals surface area contributed by atoms with Crippen molar-refractivity contribution in [3.05, 3.63) is 40.9 Å². The largest absolute Gasteiger partial charge is 0.450 e. The molecule has 1 N–H and O–H groups in total. The molecule has 1 aromatic heterocycles. The Morgan fingerprint density at radius 1 is 1.21 bits per heavy atom. The number of nitrogens with zero attached hydrogens (tertiary/aromatic N) is 2. The van der Waals surface area contributed by atoms with Gasteiger partial charge in [0, 0.05) is 5.54 Å². The Balaban J connectivity index is 2.12. The zero-order valence-electron chi connectivity index (χ0n) is 11.1. The molecule has 2 aromatic rings. The summed E-state index contributed by atoms with van der Waals surface area (Å²) >= 11 is 0. The van der Waals surface area contributed by atoms with E-state index in [-0.39, 0.29) is 11.2 Å². The zero-order valence-corrected chi connectivity index (χ0v) is 11.1. The maximum absolute atomic E-state index is 12.0. The molecule has 1 aromatic carbocycles. The van der Waals surface area contributed by atoms with E-state index in [1.165, 1.54) is 0 Å². The number of aromatic nitrogens is 2. The quantitative estimate of drug-likeness (QED) is 0.672. The van der Waals surface area contributed by atoms with Crippen LogP contribution in [0.4, 0.5) is 11.5 Å². The monoisotopic (exact) mass is 257 g/mol. The lowest BCUT2D eigenvalue weighted by atomic mass is 10.1. The van der Waals surface area contributed by atoms with Gasteiger partial charge in [-0.2, -0.15) is 4.98 Å². The van der Waals surface area contributed by atoms with Crippen molar-refractivity contribution in [2.45, 2.75) is 26.3 Å². The van der Waals surface area contributed by atoms with Crippen LogP contribution in [-0.4, -0.2) is 9.55 Å². The first-order chi connectivity index (χ1) is 8.95. The summed E-state index contributed by atoms with van der Waals surface area (Å²) in [6.45, 7) is 5.85. The molecule has 1 aliphatic rings. The van der Waals surface area contributed by atoms with Crippen LogP contribution in [0.3, 0.4) is 0 Å². The standard InChI is InChI=1S/C14H15N3O2/c1-14(2,3)17-8-11-12(16-13(17)18)15-9-6-4-5-7-10(9)19-11/h4-8H,1-3H3,(H,15,16,18). The highest BCUT2D eigenvalue weighted by Gasteiger charge is 2.22. The second-order valence-corrected chi connectivity index (χ2v) is 5.50. The van der Waals surface area contributed by atoms with E-state index in [0.717, 1.165) is 11.4 Å². The summed E-state index contributed by atoms with van der Waals surface area (Å²) in [6, 6.07) is 7.56. The number of nitrogens with one attached hydrogen (secondary N) is 1. The van der Waals surface area contributed by atoms with E-state index in [2.05, 4.69) is 10.3 Å². The highest BCUT2D eigenvalue weighted by Crippen LogP contribution is 2.39. The number of hydrogen-bond acceptors (Lipinski definition) is 4. The molecule has 0 saturated carbocycles. The molecule has 0 spiro atoms. The van der Waals surface area contributed by atoms with Crippen molar-refractivity contribution in [2.24, 2.45) is 0 Å². The van der Waals surface area contributed by atoms with Gasteiger partial charge in [0.1, 0.15) is 0 Å². The molecule has 1 aliphatic heterocycles. The van der Waals surface area contributed by atoms with E-state index in [1.54, 1.807) is 10.8 Å². The van der Waals surface area contributed by atoms with Crippen LogP contribution in [0, 0.1) is 0 Å². The molecule has 0 fully saturated rings. The number of hydrogen-bond donors (Lipinski definition) is 1. The Morgan fingerprint density at radius 2 is 1.95 bits per heavy atom. The van der Waals surface area contributed by atoms with E-state index in [1.807, 2.05) is 45.0 Å². The molecule has 0 radical (unpaired) electrons. The minimum Gasteiger partial charge on any atom is -0.450 e. The summed E-state index contributed by atoms with van der Waals surface area (Å²) in [7, 11) is 0. The number of anilines is 2. The van der Waals surface area contributed by atoms with Gasteiger partial charge in [0.05, 0.1) is 11.9 Å².